The van der Waals surface area contributed by atoms with Gasteiger partial charge in [0.15, 0.2) is 28.9 Å². The first-order chi connectivity index (χ1) is 20.4. The normalized spacial score (nSPS) is 26.7. The number of carbonyl (C=O) groups is 1. The number of alkyl halides is 1. The second-order valence-electron chi connectivity index (χ2n) is 10.7. The predicted octanol–water partition coefficient (Wildman–Crippen LogP) is 1.50. The number of halogens is 1. The van der Waals surface area contributed by atoms with E-state index in [4.69, 9.17) is 24.3 Å². The molecular formula is C26H36FN8O7P. The average Bonchev–Trinajstić information content (AvgIpc) is 3.49. The van der Waals surface area contributed by atoms with Gasteiger partial charge in [0, 0.05) is 26.2 Å². The van der Waals surface area contributed by atoms with Crippen LogP contribution in [0.1, 0.15) is 20.1 Å². The number of imidazole rings is 1. The number of nitrogens with zero attached hydrogens (tertiary/aromatic N) is 6. The summed E-state index contributed by atoms with van der Waals surface area (Å²) in [6.07, 6.45) is -3.04. The molecule has 0 amide bonds. The second kappa shape index (κ2) is 12.3. The Balaban J connectivity index is 1.38. The van der Waals surface area contributed by atoms with E-state index in [-0.39, 0.29) is 17.3 Å². The Kier molecular flexibility index (Phi) is 8.88. The molecule has 234 valence electrons. The summed E-state index contributed by atoms with van der Waals surface area (Å²) in [7, 11) is -1.05. The minimum atomic E-state index is -4.27. The van der Waals surface area contributed by atoms with Gasteiger partial charge in [-0.05, 0) is 33.0 Å². The number of ether oxygens (including phenoxy) is 2. The van der Waals surface area contributed by atoms with Crippen LogP contribution in [0.3, 0.4) is 0 Å². The molecule has 2 fully saturated rings. The summed E-state index contributed by atoms with van der Waals surface area (Å²) >= 11 is 0. The highest BCUT2D eigenvalue weighted by atomic mass is 31.2. The number of nitrogens with one attached hydrogen (secondary N) is 1. The number of aliphatic hydroxyl groups excluding tert-OH is 1. The second-order valence-corrected chi connectivity index (χ2v) is 12.4. The molecule has 4 heterocycles. The van der Waals surface area contributed by atoms with E-state index < -0.39 is 50.5 Å². The van der Waals surface area contributed by atoms with Gasteiger partial charge >= 0.3 is 13.7 Å². The summed E-state index contributed by atoms with van der Waals surface area (Å²) in [5.41, 5.74) is 4.34. The molecule has 0 saturated carbocycles. The van der Waals surface area contributed by atoms with Gasteiger partial charge in [-0.15, -0.1) is 0 Å². The maximum Gasteiger partial charge on any atom is 0.459 e. The molecule has 17 heteroatoms. The van der Waals surface area contributed by atoms with Gasteiger partial charge in [0.1, 0.15) is 24.0 Å². The minimum absolute atomic E-state index is 0.0213. The number of aliphatic hydroxyl groups is 1. The number of rotatable bonds is 10. The van der Waals surface area contributed by atoms with Crippen LogP contribution >= 0.6 is 7.75 Å². The first-order valence-corrected chi connectivity index (χ1v) is 15.3. The summed E-state index contributed by atoms with van der Waals surface area (Å²) in [6, 6.07) is 7.07. The zero-order valence-corrected chi connectivity index (χ0v) is 25.2. The van der Waals surface area contributed by atoms with Gasteiger partial charge in [-0.1, -0.05) is 18.2 Å². The van der Waals surface area contributed by atoms with Crippen molar-refractivity contribution in [2.45, 2.75) is 44.0 Å². The highest BCUT2D eigenvalue weighted by Crippen LogP contribution is 2.48. The molecule has 2 aromatic heterocycles. The van der Waals surface area contributed by atoms with Crippen LogP contribution in [0.15, 0.2) is 36.7 Å². The van der Waals surface area contributed by atoms with E-state index in [0.29, 0.717) is 24.4 Å². The van der Waals surface area contributed by atoms with E-state index in [1.54, 1.807) is 30.3 Å². The Labute approximate surface area is 247 Å². The highest BCUT2D eigenvalue weighted by molar-refractivity contribution is 7.52. The number of likely N-dealkylation sites (N-methyl/N-ethyl adjacent to an activating group) is 1. The van der Waals surface area contributed by atoms with Gasteiger partial charge in [-0.3, -0.25) is 13.9 Å². The molecule has 43 heavy (non-hydrogen) atoms. The fourth-order valence-corrected chi connectivity index (χ4v) is 6.53. The number of esters is 1. The van der Waals surface area contributed by atoms with Crippen LogP contribution < -0.4 is 20.2 Å². The molecule has 0 bridgehead atoms. The molecule has 2 aliphatic rings. The maximum atomic E-state index is 16.2. The average molecular weight is 623 g/mol. The first-order valence-electron chi connectivity index (χ1n) is 13.7. The van der Waals surface area contributed by atoms with Crippen molar-refractivity contribution in [3.8, 4) is 5.75 Å². The number of fused-ring (bicyclic) bond motifs is 1. The molecule has 15 nitrogen and oxygen atoms in total. The monoisotopic (exact) mass is 622 g/mol. The van der Waals surface area contributed by atoms with E-state index >= 15 is 4.39 Å². The lowest BCUT2D eigenvalue weighted by Crippen LogP contribution is -2.45. The number of para-hydroxylation sites is 1. The lowest BCUT2D eigenvalue weighted by molar-refractivity contribution is -0.142. The number of hydrogen-bond acceptors (Lipinski definition) is 13. The third-order valence-corrected chi connectivity index (χ3v) is 9.12. The fourth-order valence-electron chi connectivity index (χ4n) is 5.03. The van der Waals surface area contributed by atoms with Crippen LogP contribution in [-0.4, -0.2) is 106 Å². The van der Waals surface area contributed by atoms with Crippen molar-refractivity contribution in [3.05, 3.63) is 36.7 Å². The Bertz CT molecular complexity index is 1490. The Morgan fingerprint density at radius 3 is 2.65 bits per heavy atom. The molecule has 0 spiro atoms. The molecule has 5 rings (SSSR count). The van der Waals surface area contributed by atoms with E-state index in [1.807, 2.05) is 11.9 Å². The fraction of sp³-hybridized carbons (Fsp3) is 0.538. The molecule has 3 aromatic rings. The number of nitrogen functional groups attached to an aromatic ring is 1. The van der Waals surface area contributed by atoms with Crippen LogP contribution in [0.4, 0.5) is 16.2 Å². The summed E-state index contributed by atoms with van der Waals surface area (Å²) < 4.78 is 53.1. The Morgan fingerprint density at radius 2 is 1.98 bits per heavy atom. The number of anilines is 2. The summed E-state index contributed by atoms with van der Waals surface area (Å²) in [4.78, 5) is 29.4. The van der Waals surface area contributed by atoms with E-state index in [2.05, 4.69) is 24.9 Å². The minimum Gasteiger partial charge on any atom is -0.468 e. The zero-order valence-electron chi connectivity index (χ0n) is 24.3. The van der Waals surface area contributed by atoms with Crippen molar-refractivity contribution in [3.63, 3.8) is 0 Å². The van der Waals surface area contributed by atoms with Crippen molar-refractivity contribution < 1.29 is 37.4 Å². The molecule has 1 aromatic carbocycles. The molecule has 4 N–H and O–H groups in total. The molecule has 2 unspecified atom stereocenters. The number of piperazine rings is 1. The number of methoxy groups -OCH3 is 1. The van der Waals surface area contributed by atoms with Gasteiger partial charge in [0.05, 0.1) is 20.0 Å². The number of benzene rings is 1. The molecule has 0 aliphatic carbocycles. The summed E-state index contributed by atoms with van der Waals surface area (Å²) in [5, 5.41) is 13.5. The molecular weight excluding hydrogens is 586 g/mol. The molecule has 0 radical (unpaired) electrons. The first kappa shape index (κ1) is 31.0. The van der Waals surface area contributed by atoms with Gasteiger partial charge in [-0.25, -0.2) is 13.9 Å². The smallest absolute Gasteiger partial charge is 0.459 e. The lowest BCUT2D eigenvalue weighted by atomic mass is 9.98. The third-order valence-electron chi connectivity index (χ3n) is 7.48. The van der Waals surface area contributed by atoms with Crippen LogP contribution in [-0.2, 0) is 23.4 Å². The van der Waals surface area contributed by atoms with Crippen molar-refractivity contribution in [2.75, 3.05) is 57.6 Å². The standard InChI is InChI=1S/C26H36FN8O7P/c1-16(23(37)39-4)32-43(38,42-17-8-6-5-7-9-17)40-14-18-20(36)26(2,27)24(41-18)35-15-29-19-21(30-25(28)31-22(19)35)34-12-10-33(3)11-13-34/h5-9,15-16,18,20,24,36H,10-14H2,1-4H3,(H,32,38)(H2,28,30,31)/t16-,18+,20+,24+,26?,43?/m0/s1. The quantitative estimate of drug-likeness (QED) is 0.219. The molecule has 2 aliphatic heterocycles. The van der Waals surface area contributed by atoms with Gasteiger partial charge in [-0.2, -0.15) is 15.1 Å². The number of hydrogen-bond donors (Lipinski definition) is 3. The van der Waals surface area contributed by atoms with Crippen molar-refractivity contribution in [2.24, 2.45) is 0 Å². The van der Waals surface area contributed by atoms with E-state index in [9.17, 15) is 14.5 Å². The number of nitrogens with two attached hydrogens (primary N) is 1. The van der Waals surface area contributed by atoms with Crippen LogP contribution in [0.25, 0.3) is 11.2 Å². The van der Waals surface area contributed by atoms with Gasteiger partial charge in [0.2, 0.25) is 5.95 Å². The SMILES string of the molecule is COC(=O)[C@H](C)NP(=O)(OC[C@H]1O[C@@H](n2cnc3c(N4CCN(C)CC4)nc(N)nc32)C(C)(F)[C@@H]1O)Oc1ccccc1. The predicted molar refractivity (Wildman–Crippen MR) is 154 cm³/mol. The summed E-state index contributed by atoms with van der Waals surface area (Å²) in [6.45, 7) is 5.07. The number of carbonyl (C=O) groups excluding carboxylic acids is 1. The van der Waals surface area contributed by atoms with Crippen LogP contribution in [0, 0.1) is 0 Å². The third kappa shape index (κ3) is 6.44. The van der Waals surface area contributed by atoms with E-state index in [0.717, 1.165) is 13.1 Å². The molecule has 6 atom stereocenters. The van der Waals surface area contributed by atoms with Crippen molar-refractivity contribution in [1.82, 2.24) is 29.5 Å². The van der Waals surface area contributed by atoms with Crippen molar-refractivity contribution in [1.29, 1.82) is 0 Å². The molecule has 2 saturated heterocycles. The lowest BCUT2D eigenvalue weighted by Gasteiger charge is -2.33. The van der Waals surface area contributed by atoms with Crippen LogP contribution in [0.2, 0.25) is 0 Å². The number of aromatic nitrogens is 4. The van der Waals surface area contributed by atoms with Crippen LogP contribution in [0.5, 0.6) is 5.75 Å². The van der Waals surface area contributed by atoms with Gasteiger partial charge < -0.3 is 34.6 Å². The van der Waals surface area contributed by atoms with Crippen molar-refractivity contribution >= 4 is 36.6 Å². The Morgan fingerprint density at radius 1 is 1.28 bits per heavy atom. The van der Waals surface area contributed by atoms with E-state index in [1.165, 1.54) is 31.9 Å². The largest absolute Gasteiger partial charge is 0.468 e. The summed E-state index contributed by atoms with van der Waals surface area (Å²) in [5.74, 6) is -0.0156. The zero-order chi connectivity index (χ0) is 30.9. The van der Waals surface area contributed by atoms with Gasteiger partial charge in [0.25, 0.3) is 0 Å². The highest BCUT2D eigenvalue weighted by Gasteiger charge is 2.56. The Hall–Kier alpha value is -3.40. The topological polar surface area (TPSA) is 179 Å². The maximum absolute atomic E-state index is 16.2.